The number of ketones is 1. The molecule has 7 heteroatoms. The third kappa shape index (κ3) is 11.6. The Labute approximate surface area is 229 Å². The van der Waals surface area contributed by atoms with Gasteiger partial charge in [-0.05, 0) is 44.2 Å². The van der Waals surface area contributed by atoms with Gasteiger partial charge in [-0.2, -0.15) is 0 Å². The zero-order valence-electron chi connectivity index (χ0n) is 23.7. The zero-order valence-corrected chi connectivity index (χ0v) is 23.7. The van der Waals surface area contributed by atoms with Crippen molar-refractivity contribution in [2.24, 2.45) is 0 Å². The maximum absolute atomic E-state index is 12.3. The Bertz CT molecular complexity index is 892. The number of hydrogen-bond donors (Lipinski definition) is 2. The number of methoxy groups -OCH3 is 2. The largest absolute Gasteiger partial charge is 0.497 e. The Hall–Kier alpha value is -2.96. The number of nitrogens with one attached hydrogen (secondary N) is 2. The maximum atomic E-state index is 12.3. The molecule has 1 saturated heterocycles. The number of rotatable bonds is 21. The van der Waals surface area contributed by atoms with Gasteiger partial charge < -0.3 is 24.8 Å². The number of esters is 1. The number of benzene rings is 1. The van der Waals surface area contributed by atoms with Crippen LogP contribution in [0.5, 0.6) is 11.5 Å². The summed E-state index contributed by atoms with van der Waals surface area (Å²) in [6.45, 7) is 2.68. The summed E-state index contributed by atoms with van der Waals surface area (Å²) < 4.78 is 15.6. The van der Waals surface area contributed by atoms with E-state index in [4.69, 9.17) is 14.2 Å². The van der Waals surface area contributed by atoms with E-state index in [1.165, 1.54) is 77.0 Å². The van der Waals surface area contributed by atoms with Crippen LogP contribution in [0.3, 0.4) is 0 Å². The predicted molar refractivity (Wildman–Crippen MR) is 154 cm³/mol. The Morgan fingerprint density at radius 3 is 2.08 bits per heavy atom. The van der Waals surface area contributed by atoms with E-state index in [0.29, 0.717) is 29.6 Å². The van der Waals surface area contributed by atoms with Gasteiger partial charge >= 0.3 is 5.97 Å². The quantitative estimate of drug-likeness (QED) is 0.0580. The number of hydrogen-bond acceptors (Lipinski definition) is 7. The van der Waals surface area contributed by atoms with E-state index >= 15 is 0 Å². The molecule has 1 aromatic carbocycles. The van der Waals surface area contributed by atoms with E-state index < -0.39 is 5.97 Å². The van der Waals surface area contributed by atoms with Crippen LogP contribution in [0, 0.1) is 0 Å². The Morgan fingerprint density at radius 2 is 1.50 bits per heavy atom. The predicted octanol–water partition coefficient (Wildman–Crippen LogP) is 7.08. The molecule has 0 bridgehead atoms. The highest BCUT2D eigenvalue weighted by Crippen LogP contribution is 2.30. The topological polar surface area (TPSA) is 85.9 Å². The Morgan fingerprint density at radius 1 is 0.868 bits per heavy atom. The van der Waals surface area contributed by atoms with Gasteiger partial charge in [0.2, 0.25) is 5.78 Å². The molecule has 2 N–H and O–H groups in total. The molecule has 0 amide bonds. The van der Waals surface area contributed by atoms with E-state index in [1.54, 1.807) is 32.4 Å². The molecule has 1 heterocycles. The van der Waals surface area contributed by atoms with Gasteiger partial charge in [-0.15, -0.1) is 0 Å². The minimum atomic E-state index is -0.612. The summed E-state index contributed by atoms with van der Waals surface area (Å²) in [5, 5.41) is 6.42. The number of cyclic esters (lactones) is 1. The molecule has 1 aromatic rings. The number of unbranched alkanes of at least 4 members (excludes halogenated alkanes) is 12. The first-order valence-corrected chi connectivity index (χ1v) is 14.4. The van der Waals surface area contributed by atoms with Crippen molar-refractivity contribution in [2.75, 3.05) is 32.7 Å². The second-order valence-electron chi connectivity index (χ2n) is 9.81. The lowest BCUT2D eigenvalue weighted by Gasteiger charge is -2.17. The first-order chi connectivity index (χ1) is 18.6. The third-order valence-electron chi connectivity index (χ3n) is 6.73. The van der Waals surface area contributed by atoms with Crippen LogP contribution in [-0.4, -0.2) is 39.1 Å². The number of allylic oxidation sites excluding steroid dienone is 2. The molecule has 0 unspecified atom stereocenters. The lowest BCUT2D eigenvalue weighted by atomic mass is 10.1. The van der Waals surface area contributed by atoms with Crippen LogP contribution in [0.1, 0.15) is 96.8 Å². The minimum absolute atomic E-state index is 0.0208. The standard InChI is InChI=1S/C31H48N2O5/c1-4-5-6-7-8-9-10-11-12-13-14-15-16-17-18-19-22-32-30(29-27(34)24-38-31(29)35)33-26-21-20-25(36-2)23-28(26)37-3/h11-12,20-21,23,32-33H,4-10,13-19,22,24H2,1-3H3/b12-11-,30-29?. The van der Waals surface area contributed by atoms with Crippen molar-refractivity contribution in [3.63, 3.8) is 0 Å². The van der Waals surface area contributed by atoms with Gasteiger partial charge in [0.05, 0.1) is 19.9 Å². The molecule has 1 aliphatic rings. The molecule has 38 heavy (non-hydrogen) atoms. The molecule has 2 rings (SSSR count). The third-order valence-corrected chi connectivity index (χ3v) is 6.73. The van der Waals surface area contributed by atoms with Gasteiger partial charge in [0.15, 0.2) is 6.61 Å². The molecule has 0 aliphatic carbocycles. The van der Waals surface area contributed by atoms with E-state index in [0.717, 1.165) is 12.8 Å². The van der Waals surface area contributed by atoms with Crippen molar-refractivity contribution in [3.8, 4) is 11.5 Å². The summed E-state index contributed by atoms with van der Waals surface area (Å²) in [7, 11) is 3.14. The second kappa shape index (κ2) is 19.2. The normalized spacial score (nSPS) is 14.6. The Balaban J connectivity index is 1.67. The number of carbonyl (C=O) groups excluding carboxylic acids is 2. The van der Waals surface area contributed by atoms with Gasteiger partial charge in [-0.3, -0.25) is 4.79 Å². The lowest BCUT2D eigenvalue weighted by molar-refractivity contribution is -0.135. The first-order valence-electron chi connectivity index (χ1n) is 14.4. The van der Waals surface area contributed by atoms with Crippen molar-refractivity contribution < 1.29 is 23.8 Å². The summed E-state index contributed by atoms with van der Waals surface area (Å²) in [5.74, 6) is 0.598. The fourth-order valence-corrected chi connectivity index (χ4v) is 4.45. The van der Waals surface area contributed by atoms with E-state index in [2.05, 4.69) is 29.7 Å². The summed E-state index contributed by atoms with van der Waals surface area (Å²) in [6, 6.07) is 5.31. The highest BCUT2D eigenvalue weighted by atomic mass is 16.5. The highest BCUT2D eigenvalue weighted by Gasteiger charge is 2.32. The van der Waals surface area contributed by atoms with Crippen LogP contribution in [0.2, 0.25) is 0 Å². The van der Waals surface area contributed by atoms with Crippen LogP contribution in [0.25, 0.3) is 0 Å². The van der Waals surface area contributed by atoms with Gasteiger partial charge in [-0.25, -0.2) is 4.79 Å². The number of ether oxygens (including phenoxy) is 3. The van der Waals surface area contributed by atoms with Crippen LogP contribution in [0.4, 0.5) is 5.69 Å². The molecular weight excluding hydrogens is 480 g/mol. The minimum Gasteiger partial charge on any atom is -0.497 e. The average Bonchev–Trinajstić information content (AvgIpc) is 3.27. The van der Waals surface area contributed by atoms with Crippen LogP contribution in [-0.2, 0) is 14.3 Å². The fraction of sp³-hybridized carbons (Fsp3) is 0.613. The molecule has 0 saturated carbocycles. The highest BCUT2D eigenvalue weighted by molar-refractivity contribution is 6.22. The molecule has 1 aliphatic heterocycles. The van der Waals surface area contributed by atoms with Crippen molar-refractivity contribution in [3.05, 3.63) is 41.7 Å². The number of Topliss-reactive ketones (excluding diaryl/α,β-unsaturated/α-hetero) is 1. The monoisotopic (exact) mass is 528 g/mol. The van der Waals surface area contributed by atoms with Crippen LogP contribution >= 0.6 is 0 Å². The van der Waals surface area contributed by atoms with E-state index in [1.807, 2.05) is 0 Å². The second-order valence-corrected chi connectivity index (χ2v) is 9.81. The number of carbonyl (C=O) groups is 2. The van der Waals surface area contributed by atoms with Gasteiger partial charge in [-0.1, -0.05) is 76.9 Å². The molecule has 7 nitrogen and oxygen atoms in total. The molecule has 0 aromatic heterocycles. The van der Waals surface area contributed by atoms with E-state index in [-0.39, 0.29) is 18.0 Å². The van der Waals surface area contributed by atoms with Crippen LogP contribution in [0.15, 0.2) is 41.7 Å². The SMILES string of the molecule is CCCCCCCC/C=C\CCCCCCCCNC(Nc1ccc(OC)cc1OC)=C1C(=O)COC1=O. The van der Waals surface area contributed by atoms with Gasteiger partial charge in [0.25, 0.3) is 0 Å². The summed E-state index contributed by atoms with van der Waals surface area (Å²) in [5.41, 5.74) is 0.643. The summed E-state index contributed by atoms with van der Waals surface area (Å²) >= 11 is 0. The van der Waals surface area contributed by atoms with Crippen molar-refractivity contribution in [1.82, 2.24) is 5.32 Å². The fourth-order valence-electron chi connectivity index (χ4n) is 4.45. The van der Waals surface area contributed by atoms with Crippen molar-refractivity contribution in [1.29, 1.82) is 0 Å². The zero-order chi connectivity index (χ0) is 27.4. The molecular formula is C31H48N2O5. The van der Waals surface area contributed by atoms with Crippen LogP contribution < -0.4 is 20.1 Å². The van der Waals surface area contributed by atoms with Gasteiger partial charge in [0.1, 0.15) is 22.9 Å². The smallest absolute Gasteiger partial charge is 0.346 e. The maximum Gasteiger partial charge on any atom is 0.346 e. The summed E-state index contributed by atoms with van der Waals surface area (Å²) in [4.78, 5) is 24.5. The lowest BCUT2D eigenvalue weighted by Crippen LogP contribution is -2.26. The Kier molecular flexibility index (Phi) is 15.8. The number of anilines is 1. The average molecular weight is 529 g/mol. The van der Waals surface area contributed by atoms with Crippen molar-refractivity contribution in [2.45, 2.75) is 96.8 Å². The van der Waals surface area contributed by atoms with E-state index in [9.17, 15) is 9.59 Å². The first kappa shape index (κ1) is 31.3. The summed E-state index contributed by atoms with van der Waals surface area (Å²) in [6.07, 6.45) is 22.2. The molecule has 0 radical (unpaired) electrons. The molecule has 0 atom stereocenters. The molecule has 212 valence electrons. The van der Waals surface area contributed by atoms with Gasteiger partial charge in [0, 0.05) is 12.6 Å². The van der Waals surface area contributed by atoms with Crippen molar-refractivity contribution >= 4 is 17.4 Å². The molecule has 0 spiro atoms. The molecule has 1 fully saturated rings.